The van der Waals surface area contributed by atoms with Crippen LogP contribution in [0.1, 0.15) is 30.7 Å². The van der Waals surface area contributed by atoms with Crippen molar-refractivity contribution in [1.29, 1.82) is 0 Å². The van der Waals surface area contributed by atoms with E-state index in [-0.39, 0.29) is 29.5 Å². The zero-order valence-electron chi connectivity index (χ0n) is 18.9. The smallest absolute Gasteiger partial charge is 0.193 e. The van der Waals surface area contributed by atoms with Gasteiger partial charge in [0, 0.05) is 71.0 Å². The molecule has 31 heavy (non-hydrogen) atoms. The molecule has 4 rings (SSSR count). The van der Waals surface area contributed by atoms with Gasteiger partial charge in [-0.15, -0.1) is 24.0 Å². The van der Waals surface area contributed by atoms with Crippen LogP contribution in [0.2, 0.25) is 0 Å². The Kier molecular flexibility index (Phi) is 8.35. The first-order valence-corrected chi connectivity index (χ1v) is 10.9. The Morgan fingerprint density at radius 1 is 1.10 bits per heavy atom. The lowest BCUT2D eigenvalue weighted by Crippen LogP contribution is -2.57. The van der Waals surface area contributed by atoms with E-state index in [2.05, 4.69) is 68.3 Å². The molecular weight excluding hydrogens is 503 g/mol. The summed E-state index contributed by atoms with van der Waals surface area (Å²) < 4.78 is 4.95. The minimum absolute atomic E-state index is 0. The van der Waals surface area contributed by atoms with Gasteiger partial charge in [0.05, 0.1) is 5.69 Å². The fraction of sp³-hybridized carbons (Fsp3) is 0.565. The Labute approximate surface area is 202 Å². The molecule has 2 aromatic rings. The summed E-state index contributed by atoms with van der Waals surface area (Å²) in [6.45, 7) is 12.4. The highest BCUT2D eigenvalue weighted by molar-refractivity contribution is 14.0. The number of nitrogens with one attached hydrogen (secondary N) is 1. The van der Waals surface area contributed by atoms with Crippen molar-refractivity contribution in [2.75, 3.05) is 46.3 Å². The summed E-state index contributed by atoms with van der Waals surface area (Å²) in [5, 5.41) is 7.67. The Morgan fingerprint density at radius 2 is 1.84 bits per heavy atom. The first-order valence-electron chi connectivity index (χ1n) is 10.9. The standard InChI is InChI=1S/C23H34N6O.HI/c1-23(2,29-10-8-19-6-4-5-7-20(19)16-29)18-25-22(24-3)28-13-11-27(12-14-28)17-21-9-15-30-26-21;/h4-7,9,15H,8,10-14,16-18H2,1-3H3,(H,24,25);1H. The summed E-state index contributed by atoms with van der Waals surface area (Å²) in [5.41, 5.74) is 4.01. The molecule has 8 heteroatoms. The Bertz CT molecular complexity index is 846. The third-order valence-electron chi connectivity index (χ3n) is 6.43. The monoisotopic (exact) mass is 538 g/mol. The molecule has 1 saturated heterocycles. The molecule has 0 saturated carbocycles. The largest absolute Gasteiger partial charge is 0.364 e. The van der Waals surface area contributed by atoms with Crippen LogP contribution in [0.15, 0.2) is 46.1 Å². The van der Waals surface area contributed by atoms with E-state index in [9.17, 15) is 0 Å². The van der Waals surface area contributed by atoms with Crippen LogP contribution < -0.4 is 5.32 Å². The van der Waals surface area contributed by atoms with Crippen molar-refractivity contribution in [3.05, 3.63) is 53.4 Å². The molecule has 1 N–H and O–H groups in total. The molecule has 0 unspecified atom stereocenters. The number of hydrogen-bond acceptors (Lipinski definition) is 5. The molecule has 1 fully saturated rings. The number of aromatic nitrogens is 1. The van der Waals surface area contributed by atoms with Crippen molar-refractivity contribution < 1.29 is 4.52 Å². The van der Waals surface area contributed by atoms with Crippen molar-refractivity contribution in [1.82, 2.24) is 25.2 Å². The van der Waals surface area contributed by atoms with Crippen LogP contribution in [-0.2, 0) is 19.5 Å². The molecule has 170 valence electrons. The molecule has 0 spiro atoms. The summed E-state index contributed by atoms with van der Waals surface area (Å²) in [6.07, 6.45) is 2.77. The topological polar surface area (TPSA) is 60.1 Å². The van der Waals surface area contributed by atoms with E-state index in [1.807, 2.05) is 13.1 Å². The maximum Gasteiger partial charge on any atom is 0.193 e. The number of guanidine groups is 1. The van der Waals surface area contributed by atoms with Gasteiger partial charge in [-0.25, -0.2) is 0 Å². The van der Waals surface area contributed by atoms with Crippen molar-refractivity contribution in [3.63, 3.8) is 0 Å². The molecule has 2 aliphatic rings. The molecule has 1 aromatic heterocycles. The minimum Gasteiger partial charge on any atom is -0.364 e. The number of halogens is 1. The summed E-state index contributed by atoms with van der Waals surface area (Å²) >= 11 is 0. The molecule has 0 bridgehead atoms. The van der Waals surface area contributed by atoms with Gasteiger partial charge < -0.3 is 14.7 Å². The van der Waals surface area contributed by atoms with Gasteiger partial charge in [-0.05, 0) is 31.4 Å². The number of rotatable bonds is 5. The van der Waals surface area contributed by atoms with Crippen molar-refractivity contribution in [2.24, 2.45) is 4.99 Å². The summed E-state index contributed by atoms with van der Waals surface area (Å²) in [4.78, 5) is 11.9. The van der Waals surface area contributed by atoms with Gasteiger partial charge in [0.25, 0.3) is 0 Å². The van der Waals surface area contributed by atoms with Crippen LogP contribution in [-0.4, -0.2) is 77.7 Å². The fourth-order valence-electron chi connectivity index (χ4n) is 4.42. The lowest BCUT2D eigenvalue weighted by atomic mass is 9.94. The van der Waals surface area contributed by atoms with E-state index >= 15 is 0 Å². The van der Waals surface area contributed by atoms with Crippen LogP contribution in [0.4, 0.5) is 0 Å². The molecule has 1 aromatic carbocycles. The molecule has 7 nitrogen and oxygen atoms in total. The molecule has 0 amide bonds. The van der Waals surface area contributed by atoms with Crippen molar-refractivity contribution in [2.45, 2.75) is 38.9 Å². The van der Waals surface area contributed by atoms with Gasteiger partial charge in [0.15, 0.2) is 5.96 Å². The van der Waals surface area contributed by atoms with Gasteiger partial charge in [-0.3, -0.25) is 14.8 Å². The van der Waals surface area contributed by atoms with E-state index < -0.39 is 0 Å². The van der Waals surface area contributed by atoms with Crippen LogP contribution in [0.25, 0.3) is 0 Å². The zero-order valence-corrected chi connectivity index (χ0v) is 21.2. The number of nitrogens with zero attached hydrogens (tertiary/aromatic N) is 5. The number of hydrogen-bond donors (Lipinski definition) is 1. The van der Waals surface area contributed by atoms with Crippen LogP contribution in [0.3, 0.4) is 0 Å². The third kappa shape index (κ3) is 5.98. The number of benzene rings is 1. The molecule has 3 heterocycles. The highest BCUT2D eigenvalue weighted by Gasteiger charge is 2.30. The van der Waals surface area contributed by atoms with E-state index in [0.717, 1.165) is 70.4 Å². The van der Waals surface area contributed by atoms with Crippen LogP contribution in [0.5, 0.6) is 0 Å². The SMILES string of the molecule is CN=C(NCC(C)(C)N1CCc2ccccc2C1)N1CCN(Cc2ccon2)CC1.I. The van der Waals surface area contributed by atoms with Crippen molar-refractivity contribution >= 4 is 29.9 Å². The van der Waals surface area contributed by atoms with Gasteiger partial charge in [0.2, 0.25) is 0 Å². The van der Waals surface area contributed by atoms with E-state index in [1.54, 1.807) is 6.26 Å². The number of aliphatic imine (C=N–C) groups is 1. The van der Waals surface area contributed by atoms with Crippen molar-refractivity contribution in [3.8, 4) is 0 Å². The summed E-state index contributed by atoms with van der Waals surface area (Å²) in [5.74, 6) is 1.00. The second kappa shape index (κ2) is 10.8. The van der Waals surface area contributed by atoms with E-state index in [0.29, 0.717) is 0 Å². The Hall–Kier alpha value is -1.65. The van der Waals surface area contributed by atoms with Gasteiger partial charge in [0.1, 0.15) is 6.26 Å². The predicted molar refractivity (Wildman–Crippen MR) is 135 cm³/mol. The van der Waals surface area contributed by atoms with Gasteiger partial charge >= 0.3 is 0 Å². The highest BCUT2D eigenvalue weighted by atomic mass is 127. The maximum absolute atomic E-state index is 4.95. The molecular formula is C23H35IN6O. The maximum atomic E-state index is 4.95. The zero-order chi connectivity index (χ0) is 21.0. The molecule has 0 aliphatic carbocycles. The Balaban J connectivity index is 0.00000272. The first-order chi connectivity index (χ1) is 14.5. The van der Waals surface area contributed by atoms with Gasteiger partial charge in [-0.1, -0.05) is 29.4 Å². The average molecular weight is 538 g/mol. The molecule has 0 atom stereocenters. The number of piperazine rings is 1. The second-order valence-electron chi connectivity index (χ2n) is 8.91. The fourth-order valence-corrected chi connectivity index (χ4v) is 4.42. The minimum atomic E-state index is 0. The Morgan fingerprint density at radius 3 is 2.52 bits per heavy atom. The van der Waals surface area contributed by atoms with Crippen LogP contribution >= 0.6 is 24.0 Å². The predicted octanol–water partition coefficient (Wildman–Crippen LogP) is 2.82. The van der Waals surface area contributed by atoms with Gasteiger partial charge in [-0.2, -0.15) is 0 Å². The summed E-state index contributed by atoms with van der Waals surface area (Å²) in [6, 6.07) is 10.8. The quantitative estimate of drug-likeness (QED) is 0.359. The molecule has 2 aliphatic heterocycles. The lowest BCUT2D eigenvalue weighted by molar-refractivity contribution is 0.105. The third-order valence-corrected chi connectivity index (χ3v) is 6.43. The first kappa shape index (κ1) is 24.0. The number of fused-ring (bicyclic) bond motifs is 1. The normalized spacial score (nSPS) is 18.4. The second-order valence-corrected chi connectivity index (χ2v) is 8.91. The lowest BCUT2D eigenvalue weighted by Gasteiger charge is -2.43. The van der Waals surface area contributed by atoms with E-state index in [4.69, 9.17) is 4.52 Å². The highest BCUT2D eigenvalue weighted by Crippen LogP contribution is 2.25. The van der Waals surface area contributed by atoms with Crippen LogP contribution in [0, 0.1) is 0 Å². The average Bonchev–Trinajstić information content (AvgIpc) is 3.28. The van der Waals surface area contributed by atoms with E-state index in [1.165, 1.54) is 11.1 Å². The molecule has 0 radical (unpaired) electrons. The summed E-state index contributed by atoms with van der Waals surface area (Å²) in [7, 11) is 1.88.